The molecule has 6 nitrogen and oxygen atoms in total. The van der Waals surface area contributed by atoms with E-state index < -0.39 is 53.1 Å². The van der Waals surface area contributed by atoms with Gasteiger partial charge in [-0.25, -0.2) is 23.1 Å². The van der Waals surface area contributed by atoms with Gasteiger partial charge in [-0.3, -0.25) is 0 Å². The summed E-state index contributed by atoms with van der Waals surface area (Å²) in [7, 11) is 0. The molecule has 0 unspecified atom stereocenters. The van der Waals surface area contributed by atoms with Gasteiger partial charge >= 0.3 is 12.4 Å². The van der Waals surface area contributed by atoms with Gasteiger partial charge in [0.15, 0.2) is 17.5 Å². The van der Waals surface area contributed by atoms with Crippen molar-refractivity contribution in [2.24, 2.45) is 0 Å². The SMILES string of the molecule is C[C@@H]1CN(c2ncc([C@@H](O)c3ccccc3)cc2C(F)(F)F)CCN1c1nc2c(-c3cc(F)c(F)c(F)c3)cc(C(F)(F)F)cc2[nH]1. The van der Waals surface area contributed by atoms with Gasteiger partial charge in [0.1, 0.15) is 11.9 Å². The third kappa shape index (κ3) is 6.19. The van der Waals surface area contributed by atoms with Crippen molar-refractivity contribution < 1.29 is 44.6 Å². The van der Waals surface area contributed by atoms with E-state index in [-0.39, 0.29) is 59.1 Å². The van der Waals surface area contributed by atoms with Crippen LogP contribution in [-0.2, 0) is 12.4 Å². The molecule has 2 N–H and O–H groups in total. The molecule has 5 aromatic rings. The molecule has 0 radical (unpaired) electrons. The maximum atomic E-state index is 14.3. The molecular formula is C32H24F9N5O. The standard InChI is InChI=1S/C32H24F9N5O/c1-16-15-45(29-22(32(39,40)41)9-19(14-42-29)28(47)17-5-3-2-4-6-17)7-8-46(16)30-43-25-13-20(31(36,37)38)12-21(27(25)44-30)18-10-23(33)26(35)24(34)11-18/h2-6,9-14,16,28,47H,7-8,15H2,1H3,(H,43,44)/t16-,28+/m1/s1. The Kier molecular flexibility index (Phi) is 8.06. The fraction of sp³-hybridized carbons (Fsp3) is 0.250. The Morgan fingerprint density at radius 1 is 0.872 bits per heavy atom. The lowest BCUT2D eigenvalue weighted by molar-refractivity contribution is -0.138. The second kappa shape index (κ2) is 11.8. The quantitative estimate of drug-likeness (QED) is 0.148. The molecular weight excluding hydrogens is 641 g/mol. The van der Waals surface area contributed by atoms with Gasteiger partial charge in [-0.2, -0.15) is 26.3 Å². The number of benzene rings is 3. The lowest BCUT2D eigenvalue weighted by Crippen LogP contribution is -2.53. The topological polar surface area (TPSA) is 68.3 Å². The van der Waals surface area contributed by atoms with Crippen LogP contribution in [0.3, 0.4) is 0 Å². The number of piperazine rings is 1. The Bertz CT molecular complexity index is 1920. The predicted molar refractivity (Wildman–Crippen MR) is 155 cm³/mol. The average molecular weight is 666 g/mol. The highest BCUT2D eigenvalue weighted by Gasteiger charge is 2.39. The molecule has 6 rings (SSSR count). The van der Waals surface area contributed by atoms with E-state index in [2.05, 4.69) is 15.0 Å². The van der Waals surface area contributed by atoms with Crippen LogP contribution in [0.4, 0.5) is 51.3 Å². The molecule has 0 bridgehead atoms. The number of nitrogens with zero attached hydrogens (tertiary/aromatic N) is 4. The van der Waals surface area contributed by atoms with Crippen LogP contribution in [0.15, 0.2) is 66.9 Å². The Labute approximate surface area is 261 Å². The first-order valence-corrected chi connectivity index (χ1v) is 14.2. The highest BCUT2D eigenvalue weighted by Crippen LogP contribution is 2.40. The number of fused-ring (bicyclic) bond motifs is 1. The highest BCUT2D eigenvalue weighted by atomic mass is 19.4. The van der Waals surface area contributed by atoms with Gasteiger partial charge < -0.3 is 19.9 Å². The molecule has 3 heterocycles. The summed E-state index contributed by atoms with van der Waals surface area (Å²) in [5, 5.41) is 10.7. The number of nitrogens with one attached hydrogen (secondary N) is 1. The average Bonchev–Trinajstić information content (AvgIpc) is 3.46. The number of pyridine rings is 1. The molecule has 2 aromatic heterocycles. The van der Waals surface area contributed by atoms with Crippen LogP contribution in [0.1, 0.15) is 35.3 Å². The van der Waals surface area contributed by atoms with Crippen LogP contribution in [0.25, 0.3) is 22.2 Å². The van der Waals surface area contributed by atoms with E-state index in [4.69, 9.17) is 0 Å². The third-order valence-corrected chi connectivity index (χ3v) is 8.02. The molecule has 1 fully saturated rings. The lowest BCUT2D eigenvalue weighted by atomic mass is 10.0. The van der Waals surface area contributed by atoms with Gasteiger partial charge in [0, 0.05) is 43.0 Å². The van der Waals surface area contributed by atoms with Gasteiger partial charge in [-0.15, -0.1) is 0 Å². The minimum absolute atomic E-state index is 0.00273. The Balaban J connectivity index is 1.32. The Morgan fingerprint density at radius 3 is 2.17 bits per heavy atom. The summed E-state index contributed by atoms with van der Waals surface area (Å²) < 4.78 is 126. The molecule has 1 aliphatic heterocycles. The zero-order valence-electron chi connectivity index (χ0n) is 24.3. The lowest BCUT2D eigenvalue weighted by Gasteiger charge is -2.41. The predicted octanol–water partition coefficient (Wildman–Crippen LogP) is 7.88. The van der Waals surface area contributed by atoms with Crippen LogP contribution in [0.5, 0.6) is 0 Å². The van der Waals surface area contributed by atoms with Crippen LogP contribution in [-0.4, -0.2) is 45.7 Å². The first kappa shape index (κ1) is 32.2. The van der Waals surface area contributed by atoms with Gasteiger partial charge in [0.05, 0.1) is 22.2 Å². The molecule has 0 saturated carbocycles. The van der Waals surface area contributed by atoms with Crippen molar-refractivity contribution in [2.45, 2.75) is 31.4 Å². The number of aromatic amines is 1. The van der Waals surface area contributed by atoms with E-state index in [1.54, 1.807) is 42.2 Å². The summed E-state index contributed by atoms with van der Waals surface area (Å²) in [5.41, 5.74) is -2.74. The maximum Gasteiger partial charge on any atom is 0.419 e. The second-order valence-electron chi connectivity index (χ2n) is 11.2. The molecule has 0 amide bonds. The number of hydrogen-bond donors (Lipinski definition) is 2. The van der Waals surface area contributed by atoms with Crippen LogP contribution < -0.4 is 9.80 Å². The number of imidazole rings is 1. The zero-order chi connectivity index (χ0) is 33.8. The number of anilines is 2. The smallest absolute Gasteiger partial charge is 0.384 e. The fourth-order valence-electron chi connectivity index (χ4n) is 5.71. The summed E-state index contributed by atoms with van der Waals surface area (Å²) >= 11 is 0. The van der Waals surface area contributed by atoms with Gasteiger partial charge in [0.25, 0.3) is 0 Å². The van der Waals surface area contributed by atoms with Crippen molar-refractivity contribution in [3.05, 3.63) is 107 Å². The number of rotatable bonds is 5. The van der Waals surface area contributed by atoms with Gasteiger partial charge in [-0.05, 0) is 48.4 Å². The molecule has 0 aliphatic carbocycles. The van der Waals surface area contributed by atoms with E-state index in [1.807, 2.05) is 0 Å². The number of halogens is 9. The molecule has 246 valence electrons. The third-order valence-electron chi connectivity index (χ3n) is 8.02. The highest BCUT2D eigenvalue weighted by molar-refractivity contribution is 5.94. The van der Waals surface area contributed by atoms with Gasteiger partial charge in [0.2, 0.25) is 5.95 Å². The van der Waals surface area contributed by atoms with E-state index >= 15 is 0 Å². The molecule has 1 aliphatic rings. The van der Waals surface area contributed by atoms with Crippen molar-refractivity contribution in [1.29, 1.82) is 0 Å². The molecule has 0 spiro atoms. The zero-order valence-corrected chi connectivity index (χ0v) is 24.3. The largest absolute Gasteiger partial charge is 0.419 e. The monoisotopic (exact) mass is 665 g/mol. The first-order valence-electron chi connectivity index (χ1n) is 14.2. The Hall–Kier alpha value is -4.79. The second-order valence-corrected chi connectivity index (χ2v) is 11.2. The van der Waals surface area contributed by atoms with E-state index in [0.29, 0.717) is 23.8 Å². The van der Waals surface area contributed by atoms with E-state index in [1.165, 1.54) is 11.1 Å². The van der Waals surface area contributed by atoms with E-state index in [0.717, 1.165) is 12.1 Å². The molecule has 1 saturated heterocycles. The van der Waals surface area contributed by atoms with Crippen LogP contribution in [0.2, 0.25) is 0 Å². The summed E-state index contributed by atoms with van der Waals surface area (Å²) in [6.07, 6.45) is -9.81. The number of aliphatic hydroxyl groups is 1. The maximum absolute atomic E-state index is 14.3. The molecule has 3 aromatic carbocycles. The van der Waals surface area contributed by atoms with Crippen molar-refractivity contribution in [3.63, 3.8) is 0 Å². The summed E-state index contributed by atoms with van der Waals surface area (Å²) in [4.78, 5) is 14.3. The minimum atomic E-state index is -4.85. The number of aliphatic hydroxyl groups excluding tert-OH is 1. The molecule has 47 heavy (non-hydrogen) atoms. The number of aromatic nitrogens is 3. The van der Waals surface area contributed by atoms with Gasteiger partial charge in [-0.1, -0.05) is 30.3 Å². The normalized spacial score (nSPS) is 16.6. The number of alkyl halides is 6. The summed E-state index contributed by atoms with van der Waals surface area (Å²) in [6, 6.07) is 11.0. The minimum Gasteiger partial charge on any atom is -0.384 e. The van der Waals surface area contributed by atoms with Crippen molar-refractivity contribution in [1.82, 2.24) is 15.0 Å². The molecule has 2 atom stereocenters. The van der Waals surface area contributed by atoms with Crippen molar-refractivity contribution in [2.75, 3.05) is 29.4 Å². The number of H-pyrrole nitrogens is 1. The molecule has 15 heteroatoms. The fourth-order valence-corrected chi connectivity index (χ4v) is 5.71. The number of hydrogen-bond acceptors (Lipinski definition) is 5. The summed E-state index contributed by atoms with van der Waals surface area (Å²) in [5.74, 6) is -5.26. The Morgan fingerprint density at radius 2 is 1.55 bits per heavy atom. The van der Waals surface area contributed by atoms with E-state index in [9.17, 15) is 44.6 Å². The van der Waals surface area contributed by atoms with Crippen LogP contribution in [0, 0.1) is 17.5 Å². The van der Waals surface area contributed by atoms with Crippen LogP contribution >= 0.6 is 0 Å². The van der Waals surface area contributed by atoms with Crippen molar-refractivity contribution >= 4 is 22.8 Å². The van der Waals surface area contributed by atoms with Crippen molar-refractivity contribution in [3.8, 4) is 11.1 Å². The summed E-state index contributed by atoms with van der Waals surface area (Å²) in [6.45, 7) is 1.75. The first-order chi connectivity index (χ1) is 22.1.